The molecule has 2 aromatic rings. The molecule has 3 N–H and O–H groups in total. The van der Waals surface area contributed by atoms with E-state index in [1.165, 1.54) is 5.56 Å². The lowest BCUT2D eigenvalue weighted by Gasteiger charge is -2.17. The minimum Gasteiger partial charge on any atom is -0.480 e. The summed E-state index contributed by atoms with van der Waals surface area (Å²) in [5.41, 5.74) is 7.03. The van der Waals surface area contributed by atoms with Gasteiger partial charge in [0.05, 0.1) is 17.8 Å². The summed E-state index contributed by atoms with van der Waals surface area (Å²) in [7, 11) is 1.57. The van der Waals surface area contributed by atoms with Crippen LogP contribution in [0, 0.1) is 0 Å². The summed E-state index contributed by atoms with van der Waals surface area (Å²) in [5.74, 6) is 1.01. The Bertz CT molecular complexity index is 550. The highest BCUT2D eigenvalue weighted by Gasteiger charge is 2.11. The minimum absolute atomic E-state index is 0.0725. The van der Waals surface area contributed by atoms with Gasteiger partial charge < -0.3 is 15.8 Å². The van der Waals surface area contributed by atoms with Crippen LogP contribution in [0.2, 0.25) is 0 Å². The molecule has 0 saturated heterocycles. The first-order valence-corrected chi connectivity index (χ1v) is 7.09. The van der Waals surface area contributed by atoms with Crippen molar-refractivity contribution in [3.63, 3.8) is 0 Å². The Balaban J connectivity index is 2.06. The summed E-state index contributed by atoms with van der Waals surface area (Å²) in [6.45, 7) is 0.497. The standard InChI is InChI=1S/C14H17BrN4O/c1-20-13-12(15)9-17-14(19-13)18-11(8-16)7-10-5-3-2-4-6-10/h2-6,9,11H,7-8,16H2,1H3,(H,17,18,19). The van der Waals surface area contributed by atoms with Crippen molar-refractivity contribution in [1.82, 2.24) is 9.97 Å². The number of halogens is 1. The molecule has 0 bridgehead atoms. The number of nitrogens with two attached hydrogens (primary N) is 1. The Morgan fingerprint density at radius 2 is 2.10 bits per heavy atom. The zero-order chi connectivity index (χ0) is 14.4. The van der Waals surface area contributed by atoms with Crippen molar-refractivity contribution in [2.24, 2.45) is 5.73 Å². The molecule has 1 heterocycles. The third kappa shape index (κ3) is 3.91. The Morgan fingerprint density at radius 3 is 2.75 bits per heavy atom. The molecule has 0 aliphatic heterocycles. The number of hydrogen-bond acceptors (Lipinski definition) is 5. The van der Waals surface area contributed by atoms with E-state index in [1.54, 1.807) is 13.3 Å². The molecular formula is C14H17BrN4O. The van der Waals surface area contributed by atoms with Gasteiger partial charge in [-0.25, -0.2) is 4.98 Å². The first kappa shape index (κ1) is 14.7. The van der Waals surface area contributed by atoms with Gasteiger partial charge in [-0.05, 0) is 27.9 Å². The molecule has 0 aliphatic carbocycles. The predicted molar refractivity (Wildman–Crippen MR) is 82.9 cm³/mol. The third-order valence-corrected chi connectivity index (χ3v) is 3.39. The first-order chi connectivity index (χ1) is 9.72. The van der Waals surface area contributed by atoms with Gasteiger partial charge in [0.2, 0.25) is 11.8 Å². The SMILES string of the molecule is COc1nc(NC(CN)Cc2ccccc2)ncc1Br. The van der Waals surface area contributed by atoms with Crippen molar-refractivity contribution in [3.8, 4) is 5.88 Å². The van der Waals surface area contributed by atoms with Crippen LogP contribution in [0.25, 0.3) is 0 Å². The Morgan fingerprint density at radius 1 is 1.35 bits per heavy atom. The lowest BCUT2D eigenvalue weighted by Crippen LogP contribution is -2.31. The highest BCUT2D eigenvalue weighted by molar-refractivity contribution is 9.10. The smallest absolute Gasteiger partial charge is 0.232 e. The fraction of sp³-hybridized carbons (Fsp3) is 0.286. The third-order valence-electron chi connectivity index (χ3n) is 2.85. The maximum Gasteiger partial charge on any atom is 0.232 e. The maximum atomic E-state index is 5.81. The minimum atomic E-state index is 0.0725. The van der Waals surface area contributed by atoms with E-state index < -0.39 is 0 Å². The van der Waals surface area contributed by atoms with Crippen LogP contribution in [-0.4, -0.2) is 29.7 Å². The molecule has 6 heteroatoms. The normalized spacial score (nSPS) is 11.9. The van der Waals surface area contributed by atoms with Crippen LogP contribution in [0.3, 0.4) is 0 Å². The number of aromatic nitrogens is 2. The zero-order valence-electron chi connectivity index (χ0n) is 11.2. The number of methoxy groups -OCH3 is 1. The lowest BCUT2D eigenvalue weighted by atomic mass is 10.1. The number of benzene rings is 1. The monoisotopic (exact) mass is 336 g/mol. The molecule has 1 aromatic heterocycles. The van der Waals surface area contributed by atoms with Crippen molar-refractivity contribution in [2.75, 3.05) is 19.0 Å². The molecule has 1 aromatic carbocycles. The quantitative estimate of drug-likeness (QED) is 0.846. The van der Waals surface area contributed by atoms with Gasteiger partial charge in [0.1, 0.15) is 0 Å². The van der Waals surface area contributed by atoms with E-state index in [9.17, 15) is 0 Å². The maximum absolute atomic E-state index is 5.81. The molecule has 106 valence electrons. The summed E-state index contributed by atoms with van der Waals surface area (Å²) < 4.78 is 5.87. The molecule has 0 aliphatic rings. The van der Waals surface area contributed by atoms with Crippen LogP contribution in [-0.2, 0) is 6.42 Å². The van der Waals surface area contributed by atoms with Crippen LogP contribution in [0.1, 0.15) is 5.56 Å². The summed E-state index contributed by atoms with van der Waals surface area (Å²) in [5, 5.41) is 3.23. The second-order valence-electron chi connectivity index (χ2n) is 4.32. The molecule has 0 amide bonds. The number of anilines is 1. The molecule has 1 unspecified atom stereocenters. The molecule has 5 nitrogen and oxygen atoms in total. The van der Waals surface area contributed by atoms with Crippen LogP contribution in [0.15, 0.2) is 41.0 Å². The molecule has 0 saturated carbocycles. The Kier molecular flexibility index (Phi) is 5.31. The molecular weight excluding hydrogens is 320 g/mol. The van der Waals surface area contributed by atoms with Crippen LogP contribution in [0.4, 0.5) is 5.95 Å². The summed E-state index contributed by atoms with van der Waals surface area (Å²) >= 11 is 3.33. The number of nitrogens with zero attached hydrogens (tertiary/aromatic N) is 2. The lowest BCUT2D eigenvalue weighted by molar-refractivity contribution is 0.394. The van der Waals surface area contributed by atoms with Crippen LogP contribution < -0.4 is 15.8 Å². The number of nitrogens with one attached hydrogen (secondary N) is 1. The summed E-state index contributed by atoms with van der Waals surface area (Å²) in [6.07, 6.45) is 2.48. The molecule has 20 heavy (non-hydrogen) atoms. The van der Waals surface area contributed by atoms with Gasteiger partial charge in [0, 0.05) is 12.6 Å². The largest absolute Gasteiger partial charge is 0.480 e. The molecule has 0 spiro atoms. The van der Waals surface area contributed by atoms with Crippen molar-refractivity contribution in [2.45, 2.75) is 12.5 Å². The van der Waals surface area contributed by atoms with Gasteiger partial charge >= 0.3 is 0 Å². The fourth-order valence-corrected chi connectivity index (χ4v) is 2.19. The highest BCUT2D eigenvalue weighted by atomic mass is 79.9. The predicted octanol–water partition coefficient (Wildman–Crippen LogP) is 2.23. The number of rotatable bonds is 6. The Hall–Kier alpha value is -1.66. The molecule has 0 fully saturated rings. The van der Waals surface area contributed by atoms with E-state index in [4.69, 9.17) is 10.5 Å². The second-order valence-corrected chi connectivity index (χ2v) is 5.17. The van der Waals surface area contributed by atoms with Gasteiger partial charge in [0.25, 0.3) is 0 Å². The van der Waals surface area contributed by atoms with Crippen LogP contribution >= 0.6 is 15.9 Å². The summed E-state index contributed by atoms with van der Waals surface area (Å²) in [4.78, 5) is 8.48. The molecule has 1 atom stereocenters. The fourth-order valence-electron chi connectivity index (χ4n) is 1.84. The second kappa shape index (κ2) is 7.21. The van der Waals surface area contributed by atoms with Crippen LogP contribution in [0.5, 0.6) is 5.88 Å². The van der Waals surface area contributed by atoms with E-state index in [2.05, 4.69) is 43.3 Å². The highest BCUT2D eigenvalue weighted by Crippen LogP contribution is 2.22. The van der Waals surface area contributed by atoms with Crippen molar-refractivity contribution >= 4 is 21.9 Å². The Labute approximate surface area is 126 Å². The average molecular weight is 337 g/mol. The van der Waals surface area contributed by atoms with Gasteiger partial charge in [0.15, 0.2) is 0 Å². The van der Waals surface area contributed by atoms with Gasteiger partial charge in [-0.1, -0.05) is 30.3 Å². The van der Waals surface area contributed by atoms with E-state index >= 15 is 0 Å². The van der Waals surface area contributed by atoms with E-state index in [-0.39, 0.29) is 6.04 Å². The topological polar surface area (TPSA) is 73.1 Å². The van der Waals surface area contributed by atoms with E-state index in [0.29, 0.717) is 18.4 Å². The van der Waals surface area contributed by atoms with E-state index in [1.807, 2.05) is 18.2 Å². The van der Waals surface area contributed by atoms with Gasteiger partial charge in [-0.3, -0.25) is 0 Å². The summed E-state index contributed by atoms with van der Waals surface area (Å²) in [6, 6.07) is 10.3. The number of hydrogen-bond donors (Lipinski definition) is 2. The first-order valence-electron chi connectivity index (χ1n) is 6.30. The van der Waals surface area contributed by atoms with Gasteiger partial charge in [-0.15, -0.1) is 0 Å². The average Bonchev–Trinajstić information content (AvgIpc) is 2.49. The number of ether oxygens (including phenoxy) is 1. The van der Waals surface area contributed by atoms with Crippen molar-refractivity contribution < 1.29 is 4.74 Å². The molecule has 2 rings (SSSR count). The van der Waals surface area contributed by atoms with Gasteiger partial charge in [-0.2, -0.15) is 4.98 Å². The van der Waals surface area contributed by atoms with Crippen molar-refractivity contribution in [3.05, 3.63) is 46.6 Å². The zero-order valence-corrected chi connectivity index (χ0v) is 12.8. The van der Waals surface area contributed by atoms with E-state index in [0.717, 1.165) is 10.9 Å². The molecule has 0 radical (unpaired) electrons. The van der Waals surface area contributed by atoms with Crippen molar-refractivity contribution in [1.29, 1.82) is 0 Å².